The molecule has 0 unspecified atom stereocenters. The van der Waals surface area contributed by atoms with Gasteiger partial charge in [-0.2, -0.15) is 5.10 Å². The maximum absolute atomic E-state index is 4.40. The number of rotatable bonds is 4. The van der Waals surface area contributed by atoms with E-state index in [0.717, 1.165) is 24.3 Å². The molecule has 0 fully saturated rings. The van der Waals surface area contributed by atoms with Gasteiger partial charge in [0.05, 0.1) is 11.4 Å². The van der Waals surface area contributed by atoms with Crippen molar-refractivity contribution in [2.45, 2.75) is 26.8 Å². The Balaban J connectivity index is 2.09. The molecule has 0 aliphatic carbocycles. The third-order valence-corrected chi connectivity index (χ3v) is 2.86. The molecule has 4 nitrogen and oxygen atoms in total. The highest BCUT2D eigenvalue weighted by Gasteiger charge is 2.05. The summed E-state index contributed by atoms with van der Waals surface area (Å²) in [6, 6.07) is 2.03. The summed E-state index contributed by atoms with van der Waals surface area (Å²) in [7, 11) is 1.94. The molecule has 2 rings (SSSR count). The number of hydrogen-bond donors (Lipinski definition) is 1. The van der Waals surface area contributed by atoms with E-state index in [0.29, 0.717) is 0 Å². The van der Waals surface area contributed by atoms with Crippen molar-refractivity contribution in [1.82, 2.24) is 14.8 Å². The van der Waals surface area contributed by atoms with Crippen molar-refractivity contribution < 1.29 is 0 Å². The predicted octanol–water partition coefficient (Wildman–Crippen LogP) is 2.30. The third-order valence-electron chi connectivity index (χ3n) is 2.86. The van der Waals surface area contributed by atoms with Gasteiger partial charge in [0.2, 0.25) is 0 Å². The fraction of sp³-hybridized carbons (Fsp3) is 0.385. The van der Waals surface area contributed by atoms with Crippen LogP contribution in [-0.2, 0) is 20.0 Å². The van der Waals surface area contributed by atoms with Gasteiger partial charge in [0.25, 0.3) is 0 Å². The Bertz CT molecular complexity index is 502. The van der Waals surface area contributed by atoms with E-state index in [1.165, 1.54) is 11.1 Å². The van der Waals surface area contributed by atoms with E-state index in [-0.39, 0.29) is 0 Å². The molecule has 0 amide bonds. The van der Waals surface area contributed by atoms with Crippen molar-refractivity contribution in [3.8, 4) is 0 Å². The lowest BCUT2D eigenvalue weighted by Gasteiger charge is -2.07. The highest BCUT2D eigenvalue weighted by molar-refractivity contribution is 5.47. The average molecular weight is 230 g/mol. The summed E-state index contributed by atoms with van der Waals surface area (Å²) < 4.78 is 1.84. The van der Waals surface area contributed by atoms with Gasteiger partial charge in [-0.05, 0) is 30.5 Å². The fourth-order valence-electron chi connectivity index (χ4n) is 1.82. The van der Waals surface area contributed by atoms with Gasteiger partial charge in [-0.15, -0.1) is 0 Å². The molecule has 0 saturated heterocycles. The molecule has 0 aromatic carbocycles. The van der Waals surface area contributed by atoms with E-state index < -0.39 is 0 Å². The number of aryl methyl sites for hydroxylation is 3. The second-order valence-electron chi connectivity index (χ2n) is 4.17. The molecule has 1 N–H and O–H groups in total. The number of nitrogens with one attached hydrogen (secondary N) is 1. The molecular weight excluding hydrogens is 212 g/mol. The van der Waals surface area contributed by atoms with Crippen LogP contribution in [0.25, 0.3) is 0 Å². The monoisotopic (exact) mass is 230 g/mol. The first-order valence-electron chi connectivity index (χ1n) is 5.86. The van der Waals surface area contributed by atoms with E-state index in [2.05, 4.69) is 29.2 Å². The Hall–Kier alpha value is -1.84. The van der Waals surface area contributed by atoms with Crippen LogP contribution >= 0.6 is 0 Å². The van der Waals surface area contributed by atoms with Crippen LogP contribution in [0.3, 0.4) is 0 Å². The third kappa shape index (κ3) is 2.64. The zero-order valence-corrected chi connectivity index (χ0v) is 10.6. The Kier molecular flexibility index (Phi) is 3.42. The lowest BCUT2D eigenvalue weighted by atomic mass is 10.1. The molecule has 0 saturated carbocycles. The maximum Gasteiger partial charge on any atom is 0.0853 e. The van der Waals surface area contributed by atoms with E-state index in [9.17, 15) is 0 Å². The Morgan fingerprint density at radius 1 is 1.41 bits per heavy atom. The standard InChI is InChI=1S/C13H18N4/c1-4-12-13(9-17(3)16-12)15-8-11-7-14-6-5-10(11)2/h5-7,9,15H,4,8H2,1-3H3. The SMILES string of the molecule is CCc1nn(C)cc1NCc1cnccc1C. The quantitative estimate of drug-likeness (QED) is 0.876. The molecular formula is C13H18N4. The number of hydrogen-bond acceptors (Lipinski definition) is 3. The van der Waals surface area contributed by atoms with Crippen molar-refractivity contribution in [1.29, 1.82) is 0 Å². The Labute approximate surface area is 102 Å². The van der Waals surface area contributed by atoms with Gasteiger partial charge in [0.15, 0.2) is 0 Å². The van der Waals surface area contributed by atoms with Gasteiger partial charge < -0.3 is 5.32 Å². The first kappa shape index (κ1) is 11.6. The molecule has 0 aliphatic rings. The number of anilines is 1. The van der Waals surface area contributed by atoms with Gasteiger partial charge in [0, 0.05) is 32.2 Å². The van der Waals surface area contributed by atoms with Gasteiger partial charge in [-0.3, -0.25) is 9.67 Å². The van der Waals surface area contributed by atoms with Crippen LogP contribution in [0.15, 0.2) is 24.7 Å². The maximum atomic E-state index is 4.40. The van der Waals surface area contributed by atoms with E-state index in [1.807, 2.05) is 36.4 Å². The van der Waals surface area contributed by atoms with Crippen molar-refractivity contribution in [2.24, 2.45) is 7.05 Å². The number of aromatic nitrogens is 3. The normalized spacial score (nSPS) is 10.5. The van der Waals surface area contributed by atoms with Crippen molar-refractivity contribution >= 4 is 5.69 Å². The van der Waals surface area contributed by atoms with E-state index >= 15 is 0 Å². The molecule has 2 aromatic heterocycles. The minimum atomic E-state index is 0.790. The molecule has 0 atom stereocenters. The van der Waals surface area contributed by atoms with Gasteiger partial charge in [-0.1, -0.05) is 6.92 Å². The van der Waals surface area contributed by atoms with Crippen LogP contribution in [0.5, 0.6) is 0 Å². The molecule has 0 aliphatic heterocycles. The summed E-state index contributed by atoms with van der Waals surface area (Å²) in [4.78, 5) is 4.14. The number of pyridine rings is 1. The van der Waals surface area contributed by atoms with Crippen LogP contribution in [0.1, 0.15) is 23.7 Å². The molecule has 4 heteroatoms. The zero-order chi connectivity index (χ0) is 12.3. The Morgan fingerprint density at radius 3 is 2.94 bits per heavy atom. The minimum Gasteiger partial charge on any atom is -0.378 e. The molecule has 90 valence electrons. The summed E-state index contributed by atoms with van der Waals surface area (Å²) in [6.45, 7) is 5.00. The summed E-state index contributed by atoms with van der Waals surface area (Å²) in [6.07, 6.45) is 6.68. The first-order chi connectivity index (χ1) is 8.20. The molecule has 0 spiro atoms. The molecule has 0 radical (unpaired) electrons. The summed E-state index contributed by atoms with van der Waals surface area (Å²) >= 11 is 0. The fourth-order valence-corrected chi connectivity index (χ4v) is 1.82. The summed E-state index contributed by atoms with van der Waals surface area (Å²) in [5.74, 6) is 0. The Morgan fingerprint density at radius 2 is 2.24 bits per heavy atom. The van der Waals surface area contributed by atoms with E-state index in [4.69, 9.17) is 0 Å². The highest BCUT2D eigenvalue weighted by Crippen LogP contribution is 2.15. The first-order valence-corrected chi connectivity index (χ1v) is 5.86. The van der Waals surface area contributed by atoms with E-state index in [1.54, 1.807) is 0 Å². The van der Waals surface area contributed by atoms with Gasteiger partial charge in [-0.25, -0.2) is 0 Å². The molecule has 0 bridgehead atoms. The lowest BCUT2D eigenvalue weighted by Crippen LogP contribution is -2.02. The van der Waals surface area contributed by atoms with Crippen LogP contribution in [0.2, 0.25) is 0 Å². The van der Waals surface area contributed by atoms with Crippen LogP contribution in [-0.4, -0.2) is 14.8 Å². The van der Waals surface area contributed by atoms with Crippen molar-refractivity contribution in [2.75, 3.05) is 5.32 Å². The zero-order valence-electron chi connectivity index (χ0n) is 10.6. The lowest BCUT2D eigenvalue weighted by molar-refractivity contribution is 0.746. The molecule has 2 aromatic rings. The summed E-state index contributed by atoms with van der Waals surface area (Å²) in [5, 5.41) is 7.82. The molecule has 17 heavy (non-hydrogen) atoms. The minimum absolute atomic E-state index is 0.790. The second-order valence-corrected chi connectivity index (χ2v) is 4.17. The highest BCUT2D eigenvalue weighted by atomic mass is 15.3. The topological polar surface area (TPSA) is 42.7 Å². The molecule has 2 heterocycles. The number of nitrogens with zero attached hydrogens (tertiary/aromatic N) is 3. The smallest absolute Gasteiger partial charge is 0.0853 e. The van der Waals surface area contributed by atoms with Crippen LogP contribution in [0.4, 0.5) is 5.69 Å². The largest absolute Gasteiger partial charge is 0.378 e. The van der Waals surface area contributed by atoms with Gasteiger partial charge in [0.1, 0.15) is 0 Å². The van der Waals surface area contributed by atoms with Crippen LogP contribution < -0.4 is 5.32 Å². The van der Waals surface area contributed by atoms with Crippen LogP contribution in [0, 0.1) is 6.92 Å². The summed E-state index contributed by atoms with van der Waals surface area (Å²) in [5.41, 5.74) is 4.69. The average Bonchev–Trinajstić information content (AvgIpc) is 2.69. The van der Waals surface area contributed by atoms with Crippen molar-refractivity contribution in [3.63, 3.8) is 0 Å². The van der Waals surface area contributed by atoms with Crippen molar-refractivity contribution in [3.05, 3.63) is 41.5 Å². The van der Waals surface area contributed by atoms with Gasteiger partial charge >= 0.3 is 0 Å². The predicted molar refractivity (Wildman–Crippen MR) is 68.9 cm³/mol. The second kappa shape index (κ2) is 4.99.